The molecule has 0 aliphatic heterocycles. The highest BCUT2D eigenvalue weighted by Gasteiger charge is 2.31. The van der Waals surface area contributed by atoms with Gasteiger partial charge in [-0.05, 0) is 63.3 Å². The molecule has 0 amide bonds. The van der Waals surface area contributed by atoms with Gasteiger partial charge in [-0.15, -0.1) is 0 Å². The summed E-state index contributed by atoms with van der Waals surface area (Å²) in [6.07, 6.45) is 1.09. The van der Waals surface area contributed by atoms with Gasteiger partial charge in [-0.1, -0.05) is 12.8 Å². The number of alkyl halides is 3. The number of carbonyl (C=O) groups excluding carboxylic acids is 1. The van der Waals surface area contributed by atoms with Crippen LogP contribution in [0.25, 0.3) is 0 Å². The van der Waals surface area contributed by atoms with Gasteiger partial charge < -0.3 is 9.53 Å². The van der Waals surface area contributed by atoms with E-state index in [0.717, 1.165) is 36.4 Å². The lowest BCUT2D eigenvalue weighted by molar-refractivity contribution is -0.137. The van der Waals surface area contributed by atoms with E-state index in [4.69, 9.17) is 4.74 Å². The number of aromatic nitrogens is 2. The molecule has 1 heterocycles. The Morgan fingerprint density at radius 3 is 2.62 bits per heavy atom. The van der Waals surface area contributed by atoms with Gasteiger partial charge >= 0.3 is 6.18 Å². The van der Waals surface area contributed by atoms with Gasteiger partial charge in [0.15, 0.2) is 0 Å². The van der Waals surface area contributed by atoms with Gasteiger partial charge in [0.25, 0.3) is 0 Å². The molecule has 2 aromatic rings. The monoisotopic (exact) mass is 408 g/mol. The first-order chi connectivity index (χ1) is 13.7. The molecule has 0 radical (unpaired) electrons. The Bertz CT molecular complexity index is 852. The van der Waals surface area contributed by atoms with E-state index in [1.54, 1.807) is 4.68 Å². The summed E-state index contributed by atoms with van der Waals surface area (Å²) in [6, 6.07) is 5.51. The van der Waals surface area contributed by atoms with Gasteiger partial charge in [0.2, 0.25) is 0 Å². The van der Waals surface area contributed by atoms with Crippen molar-refractivity contribution in [3.05, 3.63) is 46.8 Å². The van der Waals surface area contributed by atoms with Gasteiger partial charge in [0, 0.05) is 17.7 Å². The fourth-order valence-electron chi connectivity index (χ4n) is 3.73. The summed E-state index contributed by atoms with van der Waals surface area (Å²) in [5, 5.41) is 4.48. The van der Waals surface area contributed by atoms with Crippen LogP contribution < -0.4 is 4.74 Å². The summed E-state index contributed by atoms with van der Waals surface area (Å²) in [5.74, 6) is 1.03. The highest BCUT2D eigenvalue weighted by atomic mass is 19.4. The zero-order valence-corrected chi connectivity index (χ0v) is 16.9. The van der Waals surface area contributed by atoms with E-state index in [1.807, 2.05) is 13.0 Å². The Balaban J connectivity index is 1.81. The van der Waals surface area contributed by atoms with Crippen LogP contribution in [-0.4, -0.2) is 22.2 Å². The molecule has 29 heavy (non-hydrogen) atoms. The molecule has 0 unspecified atom stereocenters. The van der Waals surface area contributed by atoms with Crippen LogP contribution in [0.3, 0.4) is 0 Å². The number of hydrogen-bond donors (Lipinski definition) is 0. The van der Waals surface area contributed by atoms with Crippen molar-refractivity contribution < 1.29 is 22.7 Å². The topological polar surface area (TPSA) is 44.1 Å². The molecule has 0 N–H and O–H groups in total. The van der Waals surface area contributed by atoms with Crippen LogP contribution in [0.1, 0.15) is 61.5 Å². The van der Waals surface area contributed by atoms with E-state index >= 15 is 0 Å². The highest BCUT2D eigenvalue weighted by molar-refractivity contribution is 5.75. The lowest BCUT2D eigenvalue weighted by Gasteiger charge is -2.17. The Kier molecular flexibility index (Phi) is 6.65. The molecule has 1 saturated carbocycles. The molecule has 7 heteroatoms. The van der Waals surface area contributed by atoms with E-state index in [2.05, 4.69) is 5.10 Å². The van der Waals surface area contributed by atoms with Crippen molar-refractivity contribution >= 4 is 5.78 Å². The van der Waals surface area contributed by atoms with Crippen molar-refractivity contribution in [3.8, 4) is 5.75 Å². The molecule has 1 aliphatic rings. The lowest BCUT2D eigenvalue weighted by Crippen LogP contribution is -2.13. The summed E-state index contributed by atoms with van der Waals surface area (Å²) in [4.78, 5) is 11.2. The van der Waals surface area contributed by atoms with Crippen molar-refractivity contribution in [3.63, 3.8) is 0 Å². The summed E-state index contributed by atoms with van der Waals surface area (Å²) in [6.45, 7) is 4.10. The van der Waals surface area contributed by atoms with E-state index < -0.39 is 11.7 Å². The first kappa shape index (κ1) is 21.4. The van der Waals surface area contributed by atoms with Crippen LogP contribution in [0.15, 0.2) is 24.3 Å². The second kappa shape index (κ2) is 9.01. The number of benzene rings is 1. The van der Waals surface area contributed by atoms with E-state index in [9.17, 15) is 18.0 Å². The number of rotatable bonds is 8. The molecular formula is C22H27F3N2O2. The molecule has 3 rings (SSSR count). The van der Waals surface area contributed by atoms with Crippen LogP contribution in [0.2, 0.25) is 0 Å². The number of halogens is 3. The molecule has 0 saturated heterocycles. The third kappa shape index (κ3) is 5.84. The fourth-order valence-corrected chi connectivity index (χ4v) is 3.73. The largest absolute Gasteiger partial charge is 0.493 e. The predicted molar refractivity (Wildman–Crippen MR) is 104 cm³/mol. The minimum Gasteiger partial charge on any atom is -0.493 e. The predicted octanol–water partition coefficient (Wildman–Crippen LogP) is 5.35. The van der Waals surface area contributed by atoms with Crippen LogP contribution in [0, 0.1) is 12.8 Å². The number of Topliss-reactive ketones (excluding diaryl/α,β-unsaturated/α-hetero) is 1. The molecule has 1 fully saturated rings. The maximum Gasteiger partial charge on any atom is 0.416 e. The van der Waals surface area contributed by atoms with E-state index in [0.29, 0.717) is 36.7 Å². The average Bonchev–Trinajstić information content (AvgIpc) is 3.28. The normalized spacial score (nSPS) is 15.1. The minimum absolute atomic E-state index is 0.0812. The Morgan fingerprint density at radius 2 is 1.97 bits per heavy atom. The van der Waals surface area contributed by atoms with Gasteiger partial charge in [-0.2, -0.15) is 18.3 Å². The maximum absolute atomic E-state index is 13.2. The number of ether oxygens (including phenoxy) is 1. The fraction of sp³-hybridized carbons (Fsp3) is 0.545. The molecule has 158 valence electrons. The first-order valence-electron chi connectivity index (χ1n) is 10.1. The van der Waals surface area contributed by atoms with E-state index in [-0.39, 0.29) is 12.3 Å². The number of carbonyl (C=O) groups is 1. The second-order valence-electron chi connectivity index (χ2n) is 7.92. The Hall–Kier alpha value is -2.31. The smallest absolute Gasteiger partial charge is 0.416 e. The van der Waals surface area contributed by atoms with Crippen LogP contribution in [0.5, 0.6) is 5.75 Å². The van der Waals surface area contributed by atoms with Crippen LogP contribution in [0.4, 0.5) is 13.2 Å². The zero-order chi connectivity index (χ0) is 21.0. The number of aryl methyl sites for hydroxylation is 2. The van der Waals surface area contributed by atoms with Crippen LogP contribution in [-0.2, 0) is 23.9 Å². The molecule has 0 spiro atoms. The van der Waals surface area contributed by atoms with Gasteiger partial charge in [-0.3, -0.25) is 4.68 Å². The average molecular weight is 408 g/mol. The van der Waals surface area contributed by atoms with Crippen molar-refractivity contribution in [2.45, 2.75) is 65.1 Å². The Morgan fingerprint density at radius 1 is 1.24 bits per heavy atom. The standard InChI is InChI=1S/C22H27F3N2O2/c1-15-11-20(9-7-16(2)28)26-27(15)13-18-12-19(22(23,24)25)8-10-21(18)29-14-17-5-3-4-6-17/h8,10-12,17H,3-7,9,13-14H2,1-2H3. The summed E-state index contributed by atoms with van der Waals surface area (Å²) >= 11 is 0. The second-order valence-corrected chi connectivity index (χ2v) is 7.92. The van der Waals surface area contributed by atoms with Gasteiger partial charge in [-0.25, -0.2) is 0 Å². The van der Waals surface area contributed by atoms with Crippen molar-refractivity contribution in [1.82, 2.24) is 9.78 Å². The van der Waals surface area contributed by atoms with Crippen molar-refractivity contribution in [2.24, 2.45) is 5.92 Å². The van der Waals surface area contributed by atoms with Crippen molar-refractivity contribution in [2.75, 3.05) is 6.61 Å². The molecule has 1 aliphatic carbocycles. The van der Waals surface area contributed by atoms with Gasteiger partial charge in [0.1, 0.15) is 11.5 Å². The zero-order valence-electron chi connectivity index (χ0n) is 16.9. The minimum atomic E-state index is -4.41. The molecule has 1 aromatic carbocycles. The molecule has 4 nitrogen and oxygen atoms in total. The van der Waals surface area contributed by atoms with Gasteiger partial charge in [0.05, 0.1) is 24.4 Å². The summed E-state index contributed by atoms with van der Waals surface area (Å²) in [7, 11) is 0. The SMILES string of the molecule is CC(=O)CCc1cc(C)n(Cc2cc(C(F)(F)F)ccc2OCC2CCCC2)n1. The molecule has 0 atom stereocenters. The third-order valence-corrected chi connectivity index (χ3v) is 5.42. The Labute approximate surface area is 169 Å². The number of hydrogen-bond acceptors (Lipinski definition) is 3. The quantitative estimate of drug-likeness (QED) is 0.591. The van der Waals surface area contributed by atoms with E-state index in [1.165, 1.54) is 25.8 Å². The maximum atomic E-state index is 13.2. The molecule has 0 bridgehead atoms. The van der Waals surface area contributed by atoms with Crippen molar-refractivity contribution in [1.29, 1.82) is 0 Å². The summed E-state index contributed by atoms with van der Waals surface area (Å²) < 4.78 is 47.3. The first-order valence-corrected chi connectivity index (χ1v) is 10.1. The highest BCUT2D eigenvalue weighted by Crippen LogP contribution is 2.34. The molecular weight excluding hydrogens is 381 g/mol. The number of nitrogens with zero attached hydrogens (tertiary/aromatic N) is 2. The third-order valence-electron chi connectivity index (χ3n) is 5.42. The summed E-state index contributed by atoms with van der Waals surface area (Å²) in [5.41, 5.74) is 1.37. The number of ketones is 1. The molecule has 1 aromatic heterocycles. The lowest BCUT2D eigenvalue weighted by atomic mass is 10.1. The van der Waals surface area contributed by atoms with Crippen LogP contribution >= 0.6 is 0 Å².